The number of amides is 2. The highest BCUT2D eigenvalue weighted by molar-refractivity contribution is 6.31. The van der Waals surface area contributed by atoms with Gasteiger partial charge < -0.3 is 15.3 Å². The molecule has 1 aromatic rings. The van der Waals surface area contributed by atoms with Crippen LogP contribution in [0.15, 0.2) is 18.2 Å². The molecule has 20 heavy (non-hydrogen) atoms. The Morgan fingerprint density at radius 2 is 2.15 bits per heavy atom. The van der Waals surface area contributed by atoms with E-state index in [2.05, 4.69) is 5.32 Å². The number of halogens is 2. The van der Waals surface area contributed by atoms with E-state index < -0.39 is 23.9 Å². The molecule has 2 N–H and O–H groups in total. The minimum absolute atomic E-state index is 0.0931. The molecule has 0 saturated heterocycles. The summed E-state index contributed by atoms with van der Waals surface area (Å²) < 4.78 is 13.0. The predicted octanol–water partition coefficient (Wildman–Crippen LogP) is 3.20. The van der Waals surface area contributed by atoms with Gasteiger partial charge in [-0.25, -0.2) is 9.18 Å². The molecule has 0 bridgehead atoms. The van der Waals surface area contributed by atoms with Crippen LogP contribution in [0.5, 0.6) is 0 Å². The molecule has 1 atom stereocenters. The summed E-state index contributed by atoms with van der Waals surface area (Å²) in [5, 5.41) is 11.2. The van der Waals surface area contributed by atoms with Gasteiger partial charge in [-0.2, -0.15) is 0 Å². The average molecular weight is 303 g/mol. The SMILES string of the molecule is CCN(C(=O)Nc1ccc(F)c(Cl)c1)C(C)CC(=O)O. The molecule has 0 radical (unpaired) electrons. The molecule has 0 spiro atoms. The Morgan fingerprint density at radius 3 is 2.65 bits per heavy atom. The quantitative estimate of drug-likeness (QED) is 0.877. The van der Waals surface area contributed by atoms with Gasteiger partial charge in [-0.3, -0.25) is 4.79 Å². The van der Waals surface area contributed by atoms with Gasteiger partial charge in [0.2, 0.25) is 0 Å². The number of hydrogen-bond donors (Lipinski definition) is 2. The molecule has 1 rings (SSSR count). The molecule has 0 fully saturated rings. The van der Waals surface area contributed by atoms with Crippen molar-refractivity contribution in [3.8, 4) is 0 Å². The van der Waals surface area contributed by atoms with Gasteiger partial charge in [0, 0.05) is 18.3 Å². The normalized spacial score (nSPS) is 11.8. The highest BCUT2D eigenvalue weighted by Gasteiger charge is 2.20. The van der Waals surface area contributed by atoms with Crippen LogP contribution in [0.25, 0.3) is 0 Å². The lowest BCUT2D eigenvalue weighted by atomic mass is 10.2. The molecule has 110 valence electrons. The Hall–Kier alpha value is -1.82. The lowest BCUT2D eigenvalue weighted by Gasteiger charge is -2.27. The van der Waals surface area contributed by atoms with E-state index in [0.717, 1.165) is 6.07 Å². The first kappa shape index (κ1) is 16.2. The van der Waals surface area contributed by atoms with Crippen molar-refractivity contribution in [3.63, 3.8) is 0 Å². The predicted molar refractivity (Wildman–Crippen MR) is 74.5 cm³/mol. The van der Waals surface area contributed by atoms with Gasteiger partial charge in [0.25, 0.3) is 0 Å². The number of urea groups is 1. The number of nitrogens with zero attached hydrogens (tertiary/aromatic N) is 1. The third-order valence-electron chi connectivity index (χ3n) is 2.77. The van der Waals surface area contributed by atoms with Crippen molar-refractivity contribution in [2.75, 3.05) is 11.9 Å². The number of carboxylic acid groups (broad SMARTS) is 1. The maximum atomic E-state index is 13.0. The Labute approximate surface area is 121 Å². The lowest BCUT2D eigenvalue weighted by molar-refractivity contribution is -0.137. The van der Waals surface area contributed by atoms with Crippen molar-refractivity contribution in [1.29, 1.82) is 0 Å². The molecule has 0 aliphatic carbocycles. The van der Waals surface area contributed by atoms with Crippen LogP contribution in [0.1, 0.15) is 20.3 Å². The van der Waals surface area contributed by atoms with E-state index in [1.165, 1.54) is 17.0 Å². The lowest BCUT2D eigenvalue weighted by Crippen LogP contribution is -2.42. The summed E-state index contributed by atoms with van der Waals surface area (Å²) in [7, 11) is 0. The van der Waals surface area contributed by atoms with Gasteiger partial charge in [-0.05, 0) is 32.0 Å². The highest BCUT2D eigenvalue weighted by atomic mass is 35.5. The molecule has 0 aromatic heterocycles. The number of nitrogens with one attached hydrogen (secondary N) is 1. The highest BCUT2D eigenvalue weighted by Crippen LogP contribution is 2.20. The van der Waals surface area contributed by atoms with E-state index in [1.54, 1.807) is 13.8 Å². The van der Waals surface area contributed by atoms with E-state index in [9.17, 15) is 14.0 Å². The van der Waals surface area contributed by atoms with E-state index in [1.807, 2.05) is 0 Å². The Balaban J connectivity index is 2.76. The Morgan fingerprint density at radius 1 is 1.50 bits per heavy atom. The molecule has 1 unspecified atom stereocenters. The van der Waals surface area contributed by atoms with Crippen LogP contribution < -0.4 is 5.32 Å². The molecular weight excluding hydrogens is 287 g/mol. The van der Waals surface area contributed by atoms with Crippen LogP contribution >= 0.6 is 11.6 Å². The van der Waals surface area contributed by atoms with Gasteiger partial charge in [0.15, 0.2) is 0 Å². The van der Waals surface area contributed by atoms with Gasteiger partial charge in [-0.1, -0.05) is 11.6 Å². The van der Waals surface area contributed by atoms with Crippen molar-refractivity contribution in [2.24, 2.45) is 0 Å². The number of anilines is 1. The van der Waals surface area contributed by atoms with Crippen molar-refractivity contribution in [3.05, 3.63) is 29.0 Å². The first-order valence-electron chi connectivity index (χ1n) is 6.09. The van der Waals surface area contributed by atoms with Crippen LogP contribution in [0.2, 0.25) is 5.02 Å². The van der Waals surface area contributed by atoms with Crippen molar-refractivity contribution in [1.82, 2.24) is 4.90 Å². The summed E-state index contributed by atoms with van der Waals surface area (Å²) in [6, 6.07) is 2.92. The number of benzene rings is 1. The fraction of sp³-hybridized carbons (Fsp3) is 0.385. The monoisotopic (exact) mass is 302 g/mol. The second-order valence-electron chi connectivity index (χ2n) is 4.29. The third kappa shape index (κ3) is 4.38. The second kappa shape index (κ2) is 7.09. The molecule has 0 aliphatic rings. The van der Waals surface area contributed by atoms with E-state index in [0.29, 0.717) is 12.2 Å². The number of aliphatic carboxylic acids is 1. The number of carbonyl (C=O) groups is 2. The maximum absolute atomic E-state index is 13.0. The third-order valence-corrected chi connectivity index (χ3v) is 3.06. The fourth-order valence-corrected chi connectivity index (χ4v) is 1.97. The summed E-state index contributed by atoms with van der Waals surface area (Å²) in [5.41, 5.74) is 0.349. The Kier molecular flexibility index (Phi) is 5.76. The van der Waals surface area contributed by atoms with Gasteiger partial charge >= 0.3 is 12.0 Å². The zero-order valence-corrected chi connectivity index (χ0v) is 11.9. The molecule has 2 amide bonds. The Bertz CT molecular complexity index is 510. The zero-order chi connectivity index (χ0) is 15.3. The van der Waals surface area contributed by atoms with E-state index in [4.69, 9.17) is 16.7 Å². The van der Waals surface area contributed by atoms with E-state index >= 15 is 0 Å². The first-order chi connectivity index (χ1) is 9.35. The topological polar surface area (TPSA) is 69.6 Å². The van der Waals surface area contributed by atoms with Crippen molar-refractivity contribution in [2.45, 2.75) is 26.3 Å². The number of rotatable bonds is 5. The van der Waals surface area contributed by atoms with E-state index in [-0.39, 0.29) is 11.4 Å². The molecule has 5 nitrogen and oxygen atoms in total. The first-order valence-corrected chi connectivity index (χ1v) is 6.47. The number of carbonyl (C=O) groups excluding carboxylic acids is 1. The fourth-order valence-electron chi connectivity index (χ4n) is 1.79. The summed E-state index contributed by atoms with van der Waals surface area (Å²) in [5.74, 6) is -1.55. The van der Waals surface area contributed by atoms with Crippen LogP contribution in [0.3, 0.4) is 0 Å². The minimum atomic E-state index is -0.978. The van der Waals surface area contributed by atoms with Gasteiger partial charge in [-0.15, -0.1) is 0 Å². The zero-order valence-electron chi connectivity index (χ0n) is 11.2. The van der Waals surface area contributed by atoms with Gasteiger partial charge in [0.1, 0.15) is 5.82 Å². The molecular formula is C13H16ClFN2O3. The summed E-state index contributed by atoms with van der Waals surface area (Å²) in [6.07, 6.45) is -0.147. The molecule has 1 aromatic carbocycles. The van der Waals surface area contributed by atoms with Crippen LogP contribution in [-0.2, 0) is 4.79 Å². The minimum Gasteiger partial charge on any atom is -0.481 e. The number of hydrogen-bond acceptors (Lipinski definition) is 2. The average Bonchev–Trinajstić information content (AvgIpc) is 2.33. The molecule has 0 saturated carbocycles. The second-order valence-corrected chi connectivity index (χ2v) is 4.70. The maximum Gasteiger partial charge on any atom is 0.322 e. The van der Waals surface area contributed by atoms with Crippen molar-refractivity contribution >= 4 is 29.3 Å². The van der Waals surface area contributed by atoms with Crippen LogP contribution in [0, 0.1) is 5.82 Å². The summed E-state index contributed by atoms with van der Waals surface area (Å²) in [4.78, 5) is 24.1. The van der Waals surface area contributed by atoms with Crippen molar-refractivity contribution < 1.29 is 19.1 Å². The molecule has 0 heterocycles. The standard InChI is InChI=1S/C13H16ClFN2O3/c1-3-17(8(2)6-12(18)19)13(20)16-9-4-5-11(15)10(14)7-9/h4-5,7-8H,3,6H2,1-2H3,(H,16,20)(H,18,19). The van der Waals surface area contributed by atoms with Gasteiger partial charge in [0.05, 0.1) is 11.4 Å². The van der Waals surface area contributed by atoms with Crippen LogP contribution in [-0.4, -0.2) is 34.6 Å². The smallest absolute Gasteiger partial charge is 0.322 e. The number of carboxylic acids is 1. The van der Waals surface area contributed by atoms with Crippen LogP contribution in [0.4, 0.5) is 14.9 Å². The summed E-state index contributed by atoms with van der Waals surface area (Å²) in [6.45, 7) is 3.75. The molecule has 0 aliphatic heterocycles. The molecule has 7 heteroatoms. The largest absolute Gasteiger partial charge is 0.481 e. The summed E-state index contributed by atoms with van der Waals surface area (Å²) >= 11 is 5.62.